The van der Waals surface area contributed by atoms with Gasteiger partial charge in [0.2, 0.25) is 0 Å². The van der Waals surface area contributed by atoms with Crippen LogP contribution in [0.3, 0.4) is 0 Å². The Morgan fingerprint density at radius 1 is 1.43 bits per heavy atom. The highest BCUT2D eigenvalue weighted by molar-refractivity contribution is 5.40. The number of aromatic hydroxyl groups is 1. The minimum absolute atomic E-state index is 0.0871. The molecule has 0 radical (unpaired) electrons. The van der Waals surface area contributed by atoms with Gasteiger partial charge in [-0.05, 0) is 6.92 Å². The van der Waals surface area contributed by atoms with Crippen molar-refractivity contribution in [2.24, 2.45) is 5.73 Å². The molecule has 14 heavy (non-hydrogen) atoms. The van der Waals surface area contributed by atoms with Crippen molar-refractivity contribution < 1.29 is 10.2 Å². The van der Waals surface area contributed by atoms with Crippen molar-refractivity contribution in [3.05, 3.63) is 23.0 Å². The minimum atomic E-state index is -0.145. The predicted octanol–water partition coefficient (Wildman–Crippen LogP) is 1.07. The first kappa shape index (κ1) is 12.9. The lowest BCUT2D eigenvalue weighted by Gasteiger charge is -2.08. The molecule has 0 aliphatic rings. The molecule has 0 atom stereocenters. The molecule has 4 nitrogen and oxygen atoms in total. The molecule has 0 fully saturated rings. The van der Waals surface area contributed by atoms with Gasteiger partial charge in [0, 0.05) is 23.9 Å². The van der Waals surface area contributed by atoms with Gasteiger partial charge >= 0.3 is 0 Å². The quantitative estimate of drug-likeness (QED) is 0.664. The maximum Gasteiger partial charge on any atom is 0.141 e. The summed E-state index contributed by atoms with van der Waals surface area (Å²) in [7, 11) is 0. The molecular formula is C10H18N2O2. The monoisotopic (exact) mass is 198 g/mol. The SMILES string of the molecule is CC.Cc1ncc(CO)c(CN)c1O. The topological polar surface area (TPSA) is 79.4 Å². The number of nitrogens with zero attached hydrogens (tertiary/aromatic N) is 1. The summed E-state index contributed by atoms with van der Waals surface area (Å²) < 4.78 is 0. The highest BCUT2D eigenvalue weighted by Gasteiger charge is 2.08. The summed E-state index contributed by atoms with van der Waals surface area (Å²) in [6.45, 7) is 5.76. The Kier molecular flexibility index (Phi) is 5.83. The molecule has 0 aliphatic carbocycles. The van der Waals surface area contributed by atoms with Crippen LogP contribution in [0.15, 0.2) is 6.20 Å². The first-order valence-electron chi connectivity index (χ1n) is 4.68. The van der Waals surface area contributed by atoms with E-state index in [4.69, 9.17) is 10.8 Å². The van der Waals surface area contributed by atoms with Gasteiger partial charge in [-0.3, -0.25) is 4.98 Å². The second kappa shape index (κ2) is 6.34. The minimum Gasteiger partial charge on any atom is -0.506 e. The van der Waals surface area contributed by atoms with Gasteiger partial charge in [0.15, 0.2) is 0 Å². The molecule has 0 amide bonds. The first-order valence-corrected chi connectivity index (χ1v) is 4.68. The van der Waals surface area contributed by atoms with Crippen LogP contribution in [0.5, 0.6) is 5.75 Å². The summed E-state index contributed by atoms with van der Waals surface area (Å²) in [6, 6.07) is 0. The van der Waals surface area contributed by atoms with E-state index in [-0.39, 0.29) is 18.9 Å². The fourth-order valence-electron chi connectivity index (χ4n) is 1.05. The van der Waals surface area contributed by atoms with E-state index in [1.54, 1.807) is 6.92 Å². The van der Waals surface area contributed by atoms with Gasteiger partial charge in [-0.2, -0.15) is 0 Å². The first-order chi connectivity index (χ1) is 6.70. The van der Waals surface area contributed by atoms with Gasteiger partial charge < -0.3 is 15.9 Å². The van der Waals surface area contributed by atoms with Crippen molar-refractivity contribution in [1.29, 1.82) is 0 Å². The van der Waals surface area contributed by atoms with Crippen LogP contribution >= 0.6 is 0 Å². The summed E-state index contributed by atoms with van der Waals surface area (Å²) in [5.41, 5.74) is 7.09. The van der Waals surface area contributed by atoms with Crippen LogP contribution < -0.4 is 5.73 Å². The molecule has 0 saturated heterocycles. The van der Waals surface area contributed by atoms with Crippen molar-refractivity contribution in [3.8, 4) is 5.75 Å². The van der Waals surface area contributed by atoms with E-state index in [9.17, 15) is 5.11 Å². The molecule has 1 aromatic rings. The highest BCUT2D eigenvalue weighted by Crippen LogP contribution is 2.22. The lowest BCUT2D eigenvalue weighted by Crippen LogP contribution is -2.04. The molecule has 1 rings (SSSR count). The van der Waals surface area contributed by atoms with E-state index in [1.165, 1.54) is 6.20 Å². The van der Waals surface area contributed by atoms with E-state index >= 15 is 0 Å². The summed E-state index contributed by atoms with van der Waals surface area (Å²) in [5, 5.41) is 18.3. The van der Waals surface area contributed by atoms with Crippen molar-refractivity contribution >= 4 is 0 Å². The number of pyridine rings is 1. The van der Waals surface area contributed by atoms with Gasteiger partial charge in [-0.15, -0.1) is 0 Å². The van der Waals surface area contributed by atoms with Crippen LogP contribution in [0.1, 0.15) is 30.7 Å². The van der Waals surface area contributed by atoms with Gasteiger partial charge in [-0.25, -0.2) is 0 Å². The third-order valence-corrected chi connectivity index (χ3v) is 1.80. The summed E-state index contributed by atoms with van der Waals surface area (Å²) in [6.07, 6.45) is 1.53. The second-order valence-electron chi connectivity index (χ2n) is 2.56. The molecule has 0 spiro atoms. The zero-order valence-corrected chi connectivity index (χ0v) is 8.91. The third kappa shape index (κ3) is 2.68. The van der Waals surface area contributed by atoms with Crippen molar-refractivity contribution in [2.45, 2.75) is 33.9 Å². The van der Waals surface area contributed by atoms with Crippen LogP contribution in [-0.4, -0.2) is 15.2 Å². The zero-order valence-electron chi connectivity index (χ0n) is 8.91. The van der Waals surface area contributed by atoms with Crippen molar-refractivity contribution in [2.75, 3.05) is 0 Å². The van der Waals surface area contributed by atoms with Gasteiger partial charge in [-0.1, -0.05) is 13.8 Å². The number of nitrogens with two attached hydrogens (primary N) is 1. The van der Waals surface area contributed by atoms with Crippen LogP contribution in [0.2, 0.25) is 0 Å². The molecule has 1 heterocycles. The fourth-order valence-corrected chi connectivity index (χ4v) is 1.05. The molecule has 4 heteroatoms. The van der Waals surface area contributed by atoms with Crippen LogP contribution in [0.4, 0.5) is 0 Å². The van der Waals surface area contributed by atoms with E-state index in [0.717, 1.165) is 0 Å². The average Bonchev–Trinajstić information content (AvgIpc) is 2.24. The van der Waals surface area contributed by atoms with Gasteiger partial charge in [0.05, 0.1) is 12.3 Å². The number of rotatable bonds is 2. The number of aryl methyl sites for hydroxylation is 1. The normalized spacial score (nSPS) is 9.21. The van der Waals surface area contributed by atoms with E-state index in [2.05, 4.69) is 4.98 Å². The number of aromatic nitrogens is 1. The summed E-state index contributed by atoms with van der Waals surface area (Å²) in [4.78, 5) is 3.89. The Hall–Kier alpha value is -1.13. The number of aliphatic hydroxyl groups is 1. The maximum absolute atomic E-state index is 9.46. The number of hydrogen-bond donors (Lipinski definition) is 3. The smallest absolute Gasteiger partial charge is 0.141 e. The van der Waals surface area contributed by atoms with Crippen molar-refractivity contribution in [1.82, 2.24) is 4.98 Å². The van der Waals surface area contributed by atoms with Gasteiger partial charge in [0.1, 0.15) is 5.75 Å². The van der Waals surface area contributed by atoms with Crippen LogP contribution in [0.25, 0.3) is 0 Å². The summed E-state index contributed by atoms with van der Waals surface area (Å²) in [5.74, 6) is 0.0871. The average molecular weight is 198 g/mol. The van der Waals surface area contributed by atoms with Crippen LogP contribution in [-0.2, 0) is 13.2 Å². The Morgan fingerprint density at radius 2 is 2.00 bits per heavy atom. The Balaban J connectivity index is 0.000000791. The molecule has 0 aromatic carbocycles. The lowest BCUT2D eigenvalue weighted by atomic mass is 10.1. The largest absolute Gasteiger partial charge is 0.506 e. The summed E-state index contributed by atoms with van der Waals surface area (Å²) >= 11 is 0. The third-order valence-electron chi connectivity index (χ3n) is 1.80. The molecule has 0 saturated carbocycles. The second-order valence-corrected chi connectivity index (χ2v) is 2.56. The molecule has 1 aromatic heterocycles. The van der Waals surface area contributed by atoms with E-state index in [0.29, 0.717) is 16.8 Å². The van der Waals surface area contributed by atoms with Crippen LogP contribution in [0, 0.1) is 6.92 Å². The molecule has 80 valence electrons. The Morgan fingerprint density at radius 3 is 2.43 bits per heavy atom. The molecule has 0 bridgehead atoms. The Bertz CT molecular complexity index is 288. The van der Waals surface area contributed by atoms with E-state index < -0.39 is 0 Å². The molecule has 0 unspecified atom stereocenters. The molecule has 0 aliphatic heterocycles. The zero-order chi connectivity index (χ0) is 11.1. The lowest BCUT2D eigenvalue weighted by molar-refractivity contribution is 0.279. The standard InChI is InChI=1S/C8H12N2O2.C2H6/c1-5-8(12)7(2-9)6(4-11)3-10-5;1-2/h3,11-12H,2,4,9H2,1H3;1-2H3. The van der Waals surface area contributed by atoms with Crippen molar-refractivity contribution in [3.63, 3.8) is 0 Å². The maximum atomic E-state index is 9.46. The molecular weight excluding hydrogens is 180 g/mol. The predicted molar refractivity (Wildman–Crippen MR) is 55.8 cm³/mol. The number of aliphatic hydroxyl groups excluding tert-OH is 1. The fraction of sp³-hybridized carbons (Fsp3) is 0.500. The highest BCUT2D eigenvalue weighted by atomic mass is 16.3. The molecule has 4 N–H and O–H groups in total. The Labute approximate surface area is 84.4 Å². The number of hydrogen-bond acceptors (Lipinski definition) is 4. The van der Waals surface area contributed by atoms with Gasteiger partial charge in [0.25, 0.3) is 0 Å². The van der Waals surface area contributed by atoms with E-state index in [1.807, 2.05) is 13.8 Å².